The summed E-state index contributed by atoms with van der Waals surface area (Å²) < 4.78 is 12.4. The van der Waals surface area contributed by atoms with Crippen LogP contribution in [0.3, 0.4) is 0 Å². The van der Waals surface area contributed by atoms with Crippen LogP contribution >= 0.6 is 11.3 Å². The fourth-order valence-corrected chi connectivity index (χ4v) is 4.08. The molecule has 0 aliphatic carbocycles. The number of ether oxygens (including phenoxy) is 2. The van der Waals surface area contributed by atoms with Gasteiger partial charge in [-0.1, -0.05) is 0 Å². The Morgan fingerprint density at radius 1 is 1.26 bits per heavy atom. The second-order valence-corrected chi connectivity index (χ2v) is 7.28. The fourth-order valence-electron chi connectivity index (χ4n) is 3.01. The molecule has 0 bridgehead atoms. The smallest absolute Gasteiger partial charge is 0.271 e. The zero-order chi connectivity index (χ0) is 18.8. The van der Waals surface area contributed by atoms with Crippen molar-refractivity contribution in [3.63, 3.8) is 0 Å². The number of fused-ring (bicyclic) bond motifs is 1. The summed E-state index contributed by atoms with van der Waals surface area (Å²) in [5.74, 6) is 0.690. The highest BCUT2D eigenvalue weighted by molar-refractivity contribution is 7.22. The molecule has 0 atom stereocenters. The van der Waals surface area contributed by atoms with Crippen LogP contribution in [0.1, 0.15) is 0 Å². The van der Waals surface area contributed by atoms with Gasteiger partial charge in [0, 0.05) is 18.0 Å². The Balaban J connectivity index is 1.61. The minimum Gasteiger partial charge on any atom is -0.497 e. The number of hydrogen-bond acceptors (Lipinski definition) is 6. The van der Waals surface area contributed by atoms with E-state index < -0.39 is 0 Å². The first-order valence-corrected chi connectivity index (χ1v) is 9.46. The fraction of sp³-hybridized carbons (Fsp3) is 0.316. The van der Waals surface area contributed by atoms with E-state index in [-0.39, 0.29) is 18.0 Å². The number of nitrogens with zero attached hydrogens (tertiary/aromatic N) is 3. The third kappa shape index (κ3) is 3.58. The molecule has 0 unspecified atom stereocenters. The first-order chi connectivity index (χ1) is 13.2. The Kier molecular flexibility index (Phi) is 4.91. The molecule has 1 aliphatic rings. The summed E-state index contributed by atoms with van der Waals surface area (Å²) in [5.41, 5.74) is 1.45. The van der Waals surface area contributed by atoms with Gasteiger partial charge in [-0.25, -0.2) is 4.98 Å². The summed E-state index contributed by atoms with van der Waals surface area (Å²) in [7, 11) is 1.62. The predicted molar refractivity (Wildman–Crippen MR) is 103 cm³/mol. The van der Waals surface area contributed by atoms with Crippen molar-refractivity contribution < 1.29 is 14.3 Å². The number of aromatic nitrogens is 2. The average Bonchev–Trinajstić information content (AvgIpc) is 3.16. The van der Waals surface area contributed by atoms with Gasteiger partial charge in [-0.3, -0.25) is 14.2 Å². The van der Waals surface area contributed by atoms with Crippen molar-refractivity contribution in [1.82, 2.24) is 14.5 Å². The van der Waals surface area contributed by atoms with Crippen molar-refractivity contribution >= 4 is 27.5 Å². The maximum Gasteiger partial charge on any atom is 0.271 e. The number of hydrogen-bond donors (Lipinski definition) is 0. The van der Waals surface area contributed by atoms with Gasteiger partial charge in [0.2, 0.25) is 5.91 Å². The molecular weight excluding hydrogens is 366 g/mol. The lowest BCUT2D eigenvalue weighted by atomic mass is 10.2. The molecule has 3 heterocycles. The lowest BCUT2D eigenvalue weighted by Gasteiger charge is -2.26. The average molecular weight is 385 g/mol. The number of benzene rings is 1. The Hall–Kier alpha value is -2.71. The van der Waals surface area contributed by atoms with Crippen LogP contribution in [-0.4, -0.2) is 53.8 Å². The maximum atomic E-state index is 12.8. The number of thiophene rings is 1. The van der Waals surface area contributed by atoms with Gasteiger partial charge in [0.05, 0.1) is 32.2 Å². The molecule has 140 valence electrons. The molecule has 0 spiro atoms. The highest BCUT2D eigenvalue weighted by atomic mass is 32.1. The number of methoxy groups -OCH3 is 1. The molecular formula is C19H19N3O4S. The van der Waals surface area contributed by atoms with Crippen LogP contribution in [0.25, 0.3) is 20.7 Å². The topological polar surface area (TPSA) is 73.7 Å². The Morgan fingerprint density at radius 2 is 2.00 bits per heavy atom. The van der Waals surface area contributed by atoms with Crippen molar-refractivity contribution in [1.29, 1.82) is 0 Å². The van der Waals surface area contributed by atoms with Crippen molar-refractivity contribution in [2.45, 2.75) is 6.54 Å². The number of carbonyl (C=O) groups is 1. The molecule has 1 amide bonds. The van der Waals surface area contributed by atoms with Crippen LogP contribution in [0.15, 0.2) is 41.5 Å². The summed E-state index contributed by atoms with van der Waals surface area (Å²) in [5, 5.41) is 0. The molecule has 1 aliphatic heterocycles. The van der Waals surface area contributed by atoms with Gasteiger partial charge in [0.25, 0.3) is 5.56 Å². The first-order valence-electron chi connectivity index (χ1n) is 8.64. The number of morpholine rings is 1. The van der Waals surface area contributed by atoms with Gasteiger partial charge in [-0.15, -0.1) is 11.3 Å². The molecule has 0 radical (unpaired) electrons. The van der Waals surface area contributed by atoms with E-state index in [1.807, 2.05) is 30.3 Å². The third-order valence-corrected chi connectivity index (χ3v) is 5.71. The van der Waals surface area contributed by atoms with E-state index in [0.717, 1.165) is 16.2 Å². The van der Waals surface area contributed by atoms with Gasteiger partial charge in [0.15, 0.2) is 0 Å². The van der Waals surface area contributed by atoms with Crippen LogP contribution in [0.2, 0.25) is 0 Å². The van der Waals surface area contributed by atoms with Gasteiger partial charge >= 0.3 is 0 Å². The van der Waals surface area contributed by atoms with E-state index in [9.17, 15) is 9.59 Å². The van der Waals surface area contributed by atoms with Gasteiger partial charge in [0.1, 0.15) is 17.0 Å². The number of rotatable bonds is 4. The van der Waals surface area contributed by atoms with Crippen molar-refractivity contribution in [2.24, 2.45) is 0 Å². The highest BCUT2D eigenvalue weighted by Gasteiger charge is 2.18. The van der Waals surface area contributed by atoms with Gasteiger partial charge in [-0.05, 0) is 35.9 Å². The minimum atomic E-state index is -0.189. The SMILES string of the molecule is COc1ccc(-c2cc3ncn(CC(=O)N4CCOCC4)c(=O)c3s2)cc1. The van der Waals surface area contributed by atoms with E-state index in [4.69, 9.17) is 9.47 Å². The van der Waals surface area contributed by atoms with Crippen LogP contribution < -0.4 is 10.3 Å². The summed E-state index contributed by atoms with van der Waals surface area (Å²) in [6.07, 6.45) is 1.45. The molecule has 0 N–H and O–H groups in total. The molecule has 1 saturated heterocycles. The van der Waals surface area contributed by atoms with E-state index in [2.05, 4.69) is 4.98 Å². The van der Waals surface area contributed by atoms with Crippen molar-refractivity contribution in [3.8, 4) is 16.2 Å². The zero-order valence-electron chi connectivity index (χ0n) is 14.9. The summed E-state index contributed by atoms with van der Waals surface area (Å²) in [4.78, 5) is 32.3. The largest absolute Gasteiger partial charge is 0.497 e. The lowest BCUT2D eigenvalue weighted by molar-refractivity contribution is -0.135. The van der Waals surface area contributed by atoms with E-state index in [1.54, 1.807) is 12.0 Å². The maximum absolute atomic E-state index is 12.8. The zero-order valence-corrected chi connectivity index (χ0v) is 15.7. The summed E-state index contributed by atoms with van der Waals surface area (Å²) in [6.45, 7) is 2.19. The highest BCUT2D eigenvalue weighted by Crippen LogP contribution is 2.31. The van der Waals surface area contributed by atoms with E-state index in [1.165, 1.54) is 22.2 Å². The quantitative estimate of drug-likeness (QED) is 0.687. The Bertz CT molecular complexity index is 1020. The Morgan fingerprint density at radius 3 is 2.70 bits per heavy atom. The molecule has 1 aromatic carbocycles. The molecule has 7 nitrogen and oxygen atoms in total. The molecule has 3 aromatic rings. The van der Waals surface area contributed by atoms with Crippen LogP contribution in [0.4, 0.5) is 0 Å². The molecule has 8 heteroatoms. The monoisotopic (exact) mass is 385 g/mol. The predicted octanol–water partition coefficient (Wildman–Crippen LogP) is 1.99. The Labute approximate surface area is 159 Å². The molecule has 27 heavy (non-hydrogen) atoms. The normalized spacial score (nSPS) is 14.5. The van der Waals surface area contributed by atoms with E-state index >= 15 is 0 Å². The second-order valence-electron chi connectivity index (χ2n) is 6.22. The number of amides is 1. The molecule has 2 aromatic heterocycles. The summed E-state index contributed by atoms with van der Waals surface area (Å²) in [6, 6.07) is 9.56. The third-order valence-electron chi connectivity index (χ3n) is 4.55. The minimum absolute atomic E-state index is 0.00244. The van der Waals surface area contributed by atoms with Crippen molar-refractivity contribution in [2.75, 3.05) is 33.4 Å². The lowest BCUT2D eigenvalue weighted by Crippen LogP contribution is -2.43. The molecule has 1 fully saturated rings. The molecule has 0 saturated carbocycles. The molecule has 4 rings (SSSR count). The van der Waals surface area contributed by atoms with Gasteiger partial charge in [-0.2, -0.15) is 0 Å². The standard InChI is InChI=1S/C19H19N3O4S/c1-25-14-4-2-13(3-5-14)16-10-15-18(27-16)19(24)22(12-20-15)11-17(23)21-6-8-26-9-7-21/h2-5,10,12H,6-9,11H2,1H3. The van der Waals surface area contributed by atoms with Crippen LogP contribution in [0.5, 0.6) is 5.75 Å². The van der Waals surface area contributed by atoms with E-state index in [0.29, 0.717) is 36.5 Å². The second kappa shape index (κ2) is 7.50. The first kappa shape index (κ1) is 17.7. The summed E-state index contributed by atoms with van der Waals surface area (Å²) >= 11 is 1.39. The van der Waals surface area contributed by atoms with Crippen LogP contribution in [-0.2, 0) is 16.1 Å². The van der Waals surface area contributed by atoms with Crippen LogP contribution in [0, 0.1) is 0 Å². The van der Waals surface area contributed by atoms with Gasteiger partial charge < -0.3 is 14.4 Å². The number of carbonyl (C=O) groups excluding carboxylic acids is 1. The van der Waals surface area contributed by atoms with Crippen molar-refractivity contribution in [3.05, 3.63) is 47.0 Å².